The highest BCUT2D eigenvalue weighted by atomic mass is 35.5. The van der Waals surface area contributed by atoms with Crippen LogP contribution in [0.2, 0.25) is 5.02 Å². The van der Waals surface area contributed by atoms with Gasteiger partial charge in [0.2, 0.25) is 0 Å². The third-order valence-electron chi connectivity index (χ3n) is 2.50. The van der Waals surface area contributed by atoms with Crippen LogP contribution in [0.3, 0.4) is 0 Å². The fourth-order valence-corrected chi connectivity index (χ4v) is 2.66. The van der Waals surface area contributed by atoms with E-state index in [9.17, 15) is 9.90 Å². The largest absolute Gasteiger partial charge is 0.480 e. The number of nitrogens with one attached hydrogen (secondary N) is 1. The highest BCUT2D eigenvalue weighted by molar-refractivity contribution is 7.10. The predicted molar refractivity (Wildman–Crippen MR) is 69.8 cm³/mol. The van der Waals surface area contributed by atoms with Gasteiger partial charge in [-0.2, -0.15) is 5.10 Å². The van der Waals surface area contributed by atoms with Gasteiger partial charge < -0.3 is 5.11 Å². The quantitative estimate of drug-likeness (QED) is 0.882. The molecule has 2 N–H and O–H groups in total. The van der Waals surface area contributed by atoms with E-state index in [0.717, 1.165) is 4.88 Å². The van der Waals surface area contributed by atoms with Crippen LogP contribution in [0.1, 0.15) is 16.6 Å². The van der Waals surface area contributed by atoms with Gasteiger partial charge >= 0.3 is 5.97 Å². The van der Waals surface area contributed by atoms with E-state index in [-0.39, 0.29) is 0 Å². The highest BCUT2D eigenvalue weighted by Crippen LogP contribution is 2.20. The molecule has 2 rings (SSSR count). The number of hydrogen-bond donors (Lipinski definition) is 2. The number of aliphatic carboxylic acids is 1. The van der Waals surface area contributed by atoms with E-state index in [1.807, 2.05) is 11.4 Å². The first kappa shape index (κ1) is 13.1. The molecule has 0 aliphatic carbocycles. The minimum Gasteiger partial charge on any atom is -0.480 e. The second-order valence-electron chi connectivity index (χ2n) is 3.76. The lowest BCUT2D eigenvalue weighted by atomic mass is 10.2. The van der Waals surface area contributed by atoms with Gasteiger partial charge in [-0.15, -0.1) is 11.3 Å². The lowest BCUT2D eigenvalue weighted by molar-refractivity contribution is -0.139. The number of aromatic nitrogens is 2. The number of carbonyl (C=O) groups is 1. The van der Waals surface area contributed by atoms with Crippen molar-refractivity contribution in [2.75, 3.05) is 0 Å². The van der Waals surface area contributed by atoms with Crippen LogP contribution in [0, 0.1) is 0 Å². The summed E-state index contributed by atoms with van der Waals surface area (Å²) in [5.41, 5.74) is 0.616. The first-order valence-electron chi connectivity index (χ1n) is 5.25. The van der Waals surface area contributed by atoms with Crippen molar-refractivity contribution in [1.29, 1.82) is 0 Å². The Bertz CT molecular complexity index is 552. The van der Waals surface area contributed by atoms with Crippen molar-refractivity contribution >= 4 is 28.9 Å². The zero-order chi connectivity index (χ0) is 13.1. The van der Waals surface area contributed by atoms with Crippen molar-refractivity contribution in [3.63, 3.8) is 0 Å². The van der Waals surface area contributed by atoms with E-state index in [4.69, 9.17) is 11.6 Å². The summed E-state index contributed by atoms with van der Waals surface area (Å²) in [5, 5.41) is 18.7. The van der Waals surface area contributed by atoms with Gasteiger partial charge in [-0.3, -0.25) is 14.8 Å². The van der Waals surface area contributed by atoms with E-state index in [1.54, 1.807) is 24.0 Å². The van der Waals surface area contributed by atoms with Gasteiger partial charge in [-0.05, 0) is 12.1 Å². The maximum Gasteiger partial charge on any atom is 0.326 e. The number of hydrogen-bond acceptors (Lipinski definition) is 4. The summed E-state index contributed by atoms with van der Waals surface area (Å²) in [4.78, 5) is 12.2. The van der Waals surface area contributed by atoms with Crippen LogP contribution < -0.4 is 5.32 Å². The van der Waals surface area contributed by atoms with Crippen molar-refractivity contribution in [3.05, 3.63) is 39.3 Å². The Morgan fingerprint density at radius 2 is 2.50 bits per heavy atom. The smallest absolute Gasteiger partial charge is 0.326 e. The molecule has 0 aliphatic rings. The van der Waals surface area contributed by atoms with Gasteiger partial charge in [0.15, 0.2) is 0 Å². The molecule has 0 spiro atoms. The lowest BCUT2D eigenvalue weighted by Crippen LogP contribution is -2.29. The number of halogens is 1. The Kier molecular flexibility index (Phi) is 4.00. The Morgan fingerprint density at radius 1 is 1.72 bits per heavy atom. The van der Waals surface area contributed by atoms with E-state index >= 15 is 0 Å². The zero-order valence-corrected chi connectivity index (χ0v) is 11.2. The van der Waals surface area contributed by atoms with Crippen molar-refractivity contribution < 1.29 is 9.90 Å². The molecule has 0 fully saturated rings. The fraction of sp³-hybridized carbons (Fsp3) is 0.273. The number of rotatable bonds is 5. The van der Waals surface area contributed by atoms with Crippen LogP contribution in [0.5, 0.6) is 0 Å². The van der Waals surface area contributed by atoms with E-state index in [0.29, 0.717) is 17.3 Å². The molecule has 0 unspecified atom stereocenters. The summed E-state index contributed by atoms with van der Waals surface area (Å²) < 4.78 is 1.55. The average Bonchev–Trinajstić information content (AvgIpc) is 2.89. The second kappa shape index (κ2) is 5.51. The van der Waals surface area contributed by atoms with Crippen LogP contribution >= 0.6 is 22.9 Å². The monoisotopic (exact) mass is 285 g/mol. The number of carboxylic acids is 1. The molecule has 0 saturated carbocycles. The molecule has 1 atom stereocenters. The Balaban J connectivity index is 2.08. The molecule has 7 heteroatoms. The Morgan fingerprint density at radius 3 is 3.00 bits per heavy atom. The summed E-state index contributed by atoms with van der Waals surface area (Å²) >= 11 is 7.31. The molecule has 0 amide bonds. The first-order valence-corrected chi connectivity index (χ1v) is 6.50. The first-order chi connectivity index (χ1) is 8.58. The maximum absolute atomic E-state index is 11.3. The van der Waals surface area contributed by atoms with Gasteiger partial charge in [-0.25, -0.2) is 0 Å². The average molecular weight is 286 g/mol. The molecule has 2 heterocycles. The molecule has 0 aromatic carbocycles. The Labute approximate surface area is 113 Å². The SMILES string of the molecule is Cn1nccc1[C@@H](NCc1cc(Cl)cs1)C(=O)O. The predicted octanol–water partition coefficient (Wildman–Crippen LogP) is 2.05. The molecule has 0 saturated heterocycles. The maximum atomic E-state index is 11.3. The minimum atomic E-state index is -0.929. The number of aryl methyl sites for hydroxylation is 1. The summed E-state index contributed by atoms with van der Waals surface area (Å²) in [6.07, 6.45) is 1.58. The number of thiophene rings is 1. The molecule has 2 aromatic rings. The van der Waals surface area contributed by atoms with Crippen molar-refractivity contribution in [3.8, 4) is 0 Å². The summed E-state index contributed by atoms with van der Waals surface area (Å²) in [6, 6.07) is 2.73. The summed E-state index contributed by atoms with van der Waals surface area (Å²) in [5.74, 6) is -0.929. The molecular formula is C11H12ClN3O2S. The van der Waals surface area contributed by atoms with Gasteiger partial charge in [0.05, 0.1) is 10.7 Å². The van der Waals surface area contributed by atoms with Crippen LogP contribution in [-0.2, 0) is 18.4 Å². The van der Waals surface area contributed by atoms with Gasteiger partial charge in [0.25, 0.3) is 0 Å². The standard InChI is InChI=1S/C11H12ClN3O2S/c1-15-9(2-3-14-15)10(11(16)17)13-5-8-4-7(12)6-18-8/h2-4,6,10,13H,5H2,1H3,(H,16,17)/t10-/m1/s1. The molecule has 0 aliphatic heterocycles. The molecule has 5 nitrogen and oxygen atoms in total. The molecule has 2 aromatic heterocycles. The van der Waals surface area contributed by atoms with Crippen molar-refractivity contribution in [2.24, 2.45) is 7.05 Å². The van der Waals surface area contributed by atoms with E-state index < -0.39 is 12.0 Å². The normalized spacial score (nSPS) is 12.6. The molecular weight excluding hydrogens is 274 g/mol. The lowest BCUT2D eigenvalue weighted by Gasteiger charge is -2.14. The van der Waals surface area contributed by atoms with Crippen LogP contribution in [0.4, 0.5) is 0 Å². The van der Waals surface area contributed by atoms with Gasteiger partial charge in [-0.1, -0.05) is 11.6 Å². The molecule has 0 bridgehead atoms. The second-order valence-corrected chi connectivity index (χ2v) is 5.20. The molecule has 18 heavy (non-hydrogen) atoms. The number of carboxylic acid groups (broad SMARTS) is 1. The summed E-state index contributed by atoms with van der Waals surface area (Å²) in [7, 11) is 1.72. The number of nitrogens with zero attached hydrogens (tertiary/aromatic N) is 2. The van der Waals surface area contributed by atoms with E-state index in [2.05, 4.69) is 10.4 Å². The van der Waals surface area contributed by atoms with Crippen molar-refractivity contribution in [1.82, 2.24) is 15.1 Å². The van der Waals surface area contributed by atoms with Crippen LogP contribution in [0.15, 0.2) is 23.7 Å². The summed E-state index contributed by atoms with van der Waals surface area (Å²) in [6.45, 7) is 0.458. The topological polar surface area (TPSA) is 67.2 Å². The van der Waals surface area contributed by atoms with Crippen LogP contribution in [0.25, 0.3) is 0 Å². The van der Waals surface area contributed by atoms with E-state index in [1.165, 1.54) is 11.3 Å². The minimum absolute atomic E-state index is 0.458. The molecule has 0 radical (unpaired) electrons. The van der Waals surface area contributed by atoms with Crippen LogP contribution in [-0.4, -0.2) is 20.9 Å². The molecule has 96 valence electrons. The third kappa shape index (κ3) is 2.90. The van der Waals surface area contributed by atoms with Crippen molar-refractivity contribution in [2.45, 2.75) is 12.6 Å². The van der Waals surface area contributed by atoms with Gasteiger partial charge in [0.1, 0.15) is 6.04 Å². The highest BCUT2D eigenvalue weighted by Gasteiger charge is 2.22. The fourth-order valence-electron chi connectivity index (χ4n) is 1.63. The van der Waals surface area contributed by atoms with Gasteiger partial charge in [0, 0.05) is 30.0 Å². The zero-order valence-electron chi connectivity index (χ0n) is 9.63. The third-order valence-corrected chi connectivity index (χ3v) is 3.79. The Hall–Kier alpha value is -1.37.